The molecule has 9 nitrogen and oxygen atoms in total. The number of carbonyl (C=O) groups excluding carboxylic acids is 1. The molecule has 1 saturated heterocycles. The van der Waals surface area contributed by atoms with Gasteiger partial charge in [-0.15, -0.1) is 11.3 Å². The highest BCUT2D eigenvalue weighted by molar-refractivity contribution is 7.14. The highest BCUT2D eigenvalue weighted by atomic mass is 32.1. The minimum atomic E-state index is 0.0681. The van der Waals surface area contributed by atoms with Gasteiger partial charge in [-0.05, 0) is 51.8 Å². The van der Waals surface area contributed by atoms with Gasteiger partial charge in [-0.3, -0.25) is 14.8 Å². The van der Waals surface area contributed by atoms with E-state index in [1.807, 2.05) is 47.5 Å². The zero-order valence-electron chi connectivity index (χ0n) is 22.3. The van der Waals surface area contributed by atoms with Crippen LogP contribution < -0.4 is 10.1 Å². The Morgan fingerprint density at radius 2 is 2.18 bits per heavy atom. The van der Waals surface area contributed by atoms with E-state index in [1.54, 1.807) is 23.6 Å². The van der Waals surface area contributed by atoms with Crippen molar-refractivity contribution in [1.82, 2.24) is 30.0 Å². The molecular formula is C29H33N7O2S. The van der Waals surface area contributed by atoms with Crippen molar-refractivity contribution < 1.29 is 9.53 Å². The third kappa shape index (κ3) is 5.97. The van der Waals surface area contributed by atoms with Crippen molar-refractivity contribution in [3.05, 3.63) is 59.8 Å². The van der Waals surface area contributed by atoms with Crippen molar-refractivity contribution in [2.24, 2.45) is 0 Å². The lowest BCUT2D eigenvalue weighted by Gasteiger charge is -2.32. The maximum Gasteiger partial charge on any atom is 0.246 e. The van der Waals surface area contributed by atoms with Crippen LogP contribution in [0.15, 0.2) is 54.9 Å². The van der Waals surface area contributed by atoms with Crippen LogP contribution in [0, 0.1) is 6.92 Å². The number of H-pyrrole nitrogens is 1. The molecule has 39 heavy (non-hydrogen) atoms. The van der Waals surface area contributed by atoms with Crippen LogP contribution in [-0.2, 0) is 4.79 Å². The van der Waals surface area contributed by atoms with Crippen molar-refractivity contribution in [1.29, 1.82) is 0 Å². The molecule has 0 radical (unpaired) electrons. The second kappa shape index (κ2) is 11.2. The van der Waals surface area contributed by atoms with E-state index in [4.69, 9.17) is 4.74 Å². The Bertz CT molecular complexity index is 1490. The first-order chi connectivity index (χ1) is 19.0. The first-order valence-electron chi connectivity index (χ1n) is 13.5. The molecule has 3 aromatic heterocycles. The summed E-state index contributed by atoms with van der Waals surface area (Å²) in [6, 6.07) is 10.6. The number of nitrogens with zero attached hydrogens (tertiary/aromatic N) is 5. The van der Waals surface area contributed by atoms with Crippen molar-refractivity contribution >= 4 is 34.1 Å². The van der Waals surface area contributed by atoms with Crippen molar-refractivity contribution in [2.75, 3.05) is 32.0 Å². The Balaban J connectivity index is 1.15. The molecule has 2 fully saturated rings. The molecular weight excluding hydrogens is 510 g/mol. The first kappa shape index (κ1) is 25.5. The number of ether oxygens (including phenoxy) is 1. The fraction of sp³-hybridized carbons (Fsp3) is 0.379. The van der Waals surface area contributed by atoms with Crippen molar-refractivity contribution in [2.45, 2.75) is 44.7 Å². The van der Waals surface area contributed by atoms with E-state index < -0.39 is 0 Å². The number of anilines is 1. The van der Waals surface area contributed by atoms with Crippen LogP contribution in [-0.4, -0.2) is 74.6 Å². The van der Waals surface area contributed by atoms with E-state index in [-0.39, 0.29) is 11.9 Å². The van der Waals surface area contributed by atoms with Crippen LogP contribution in [0.4, 0.5) is 5.82 Å². The maximum atomic E-state index is 12.9. The van der Waals surface area contributed by atoms with E-state index >= 15 is 0 Å². The fourth-order valence-electron chi connectivity index (χ4n) is 5.00. The van der Waals surface area contributed by atoms with Crippen molar-refractivity contribution in [3.63, 3.8) is 0 Å². The molecule has 202 valence electrons. The average molecular weight is 544 g/mol. The molecule has 1 atom stereocenters. The predicted molar refractivity (Wildman–Crippen MR) is 154 cm³/mol. The number of aromatic nitrogens is 4. The minimum absolute atomic E-state index is 0.0681. The summed E-state index contributed by atoms with van der Waals surface area (Å²) >= 11 is 1.66. The number of aryl methyl sites for hydroxylation is 1. The number of amides is 1. The molecule has 4 aromatic rings. The lowest BCUT2D eigenvalue weighted by Crippen LogP contribution is -2.44. The lowest BCUT2D eigenvalue weighted by atomic mass is 10.1. The summed E-state index contributed by atoms with van der Waals surface area (Å²) in [7, 11) is 2.12. The summed E-state index contributed by atoms with van der Waals surface area (Å²) in [5.74, 6) is 2.13. The molecule has 6 rings (SSSR count). The zero-order valence-corrected chi connectivity index (χ0v) is 23.1. The summed E-state index contributed by atoms with van der Waals surface area (Å²) < 4.78 is 6.35. The van der Waals surface area contributed by atoms with Gasteiger partial charge in [-0.25, -0.2) is 9.97 Å². The predicted octanol–water partition coefficient (Wildman–Crippen LogP) is 5.24. The van der Waals surface area contributed by atoms with E-state index in [0.29, 0.717) is 35.6 Å². The number of aromatic amines is 1. The van der Waals surface area contributed by atoms with Crippen LogP contribution in [0.1, 0.15) is 30.6 Å². The monoisotopic (exact) mass is 543 g/mol. The van der Waals surface area contributed by atoms with Crippen LogP contribution >= 0.6 is 11.3 Å². The number of pyridine rings is 1. The summed E-state index contributed by atoms with van der Waals surface area (Å²) in [6.07, 6.45) is 11.7. The number of likely N-dealkylation sites (N-methyl/N-ethyl adjacent to an activating group) is 1. The molecule has 1 amide bonds. The molecule has 10 heteroatoms. The Hall–Kier alpha value is -3.76. The summed E-state index contributed by atoms with van der Waals surface area (Å²) in [5.41, 5.74) is 1.66. The second-order valence-corrected chi connectivity index (χ2v) is 11.6. The van der Waals surface area contributed by atoms with Gasteiger partial charge >= 0.3 is 0 Å². The molecule has 2 aliphatic rings. The molecule has 1 aliphatic heterocycles. The number of piperidine rings is 1. The largest absolute Gasteiger partial charge is 0.456 e. The number of carbonyl (C=O) groups is 1. The van der Waals surface area contributed by atoms with E-state index in [0.717, 1.165) is 41.9 Å². The third-order valence-corrected chi connectivity index (χ3v) is 8.21. The average Bonchev–Trinajstić information content (AvgIpc) is 3.59. The molecule has 0 bridgehead atoms. The summed E-state index contributed by atoms with van der Waals surface area (Å²) in [6.45, 7) is 4.26. The Morgan fingerprint density at radius 3 is 3.00 bits per heavy atom. The van der Waals surface area contributed by atoms with Gasteiger partial charge in [0.25, 0.3) is 0 Å². The minimum Gasteiger partial charge on any atom is -0.456 e. The topological polar surface area (TPSA) is 99.3 Å². The van der Waals surface area contributed by atoms with E-state index in [9.17, 15) is 4.79 Å². The zero-order chi connectivity index (χ0) is 26.8. The van der Waals surface area contributed by atoms with Crippen LogP contribution in [0.25, 0.3) is 21.6 Å². The summed E-state index contributed by atoms with van der Waals surface area (Å²) in [4.78, 5) is 27.2. The molecule has 2 N–H and O–H groups in total. The smallest absolute Gasteiger partial charge is 0.246 e. The van der Waals surface area contributed by atoms with E-state index in [2.05, 4.69) is 44.4 Å². The van der Waals surface area contributed by atoms with Crippen LogP contribution in [0.3, 0.4) is 0 Å². The Kier molecular flexibility index (Phi) is 7.30. The SMILES string of the molecule is Cc1cnc(-c2cccc(Oc3ccnc4[nH]nc(N[C@@H]5CCCN(C(=O)/C=C/CN(C)C6CC6)C5)c34)c2)s1. The number of hydrogen-bond donors (Lipinski definition) is 2. The number of hydrogen-bond acceptors (Lipinski definition) is 8. The fourth-order valence-corrected chi connectivity index (χ4v) is 5.76. The van der Waals surface area contributed by atoms with Gasteiger partial charge < -0.3 is 15.0 Å². The number of fused-ring (bicyclic) bond motifs is 1. The number of rotatable bonds is 9. The first-order valence-corrected chi connectivity index (χ1v) is 14.3. The molecule has 1 aromatic carbocycles. The summed E-state index contributed by atoms with van der Waals surface area (Å²) in [5, 5.41) is 12.8. The number of nitrogens with one attached hydrogen (secondary N) is 2. The quantitative estimate of drug-likeness (QED) is 0.279. The number of benzene rings is 1. The van der Waals surface area contributed by atoms with Gasteiger partial charge in [0.2, 0.25) is 5.91 Å². The standard InChI is InChI=1S/C29H33N7O2S/c1-19-17-31-29(39-19)20-6-3-8-23(16-20)38-24-12-13-30-27-26(24)28(34-33-27)32-21-7-4-15-36(18-21)25(37)9-5-14-35(2)22-10-11-22/h3,5-6,8-9,12-13,16-17,21-22H,4,7,10-11,14-15,18H2,1-2H3,(H2,30,32,33,34)/b9-5+/t21-/m1/s1. The third-order valence-electron chi connectivity index (χ3n) is 7.25. The molecule has 0 spiro atoms. The molecule has 0 unspecified atom stereocenters. The Labute approximate surface area is 231 Å². The number of likely N-dealkylation sites (tertiary alicyclic amines) is 1. The van der Waals surface area contributed by atoms with Gasteiger partial charge in [0.1, 0.15) is 21.9 Å². The lowest BCUT2D eigenvalue weighted by molar-refractivity contribution is -0.127. The van der Waals surface area contributed by atoms with Gasteiger partial charge in [0.05, 0.1) is 0 Å². The van der Waals surface area contributed by atoms with Crippen molar-refractivity contribution in [3.8, 4) is 22.1 Å². The highest BCUT2D eigenvalue weighted by Gasteiger charge is 2.26. The van der Waals surface area contributed by atoms with Gasteiger partial charge in [-0.1, -0.05) is 18.2 Å². The van der Waals surface area contributed by atoms with Gasteiger partial charge in [0.15, 0.2) is 11.5 Å². The van der Waals surface area contributed by atoms with Gasteiger partial charge in [0, 0.05) is 66.7 Å². The highest BCUT2D eigenvalue weighted by Crippen LogP contribution is 2.35. The Morgan fingerprint density at radius 1 is 1.28 bits per heavy atom. The maximum absolute atomic E-state index is 12.9. The number of thiazole rings is 1. The van der Waals surface area contributed by atoms with Gasteiger partial charge in [-0.2, -0.15) is 5.10 Å². The molecule has 1 saturated carbocycles. The van der Waals surface area contributed by atoms with Crippen LogP contribution in [0.2, 0.25) is 0 Å². The van der Waals surface area contributed by atoms with Crippen LogP contribution in [0.5, 0.6) is 11.5 Å². The molecule has 4 heterocycles. The molecule has 1 aliphatic carbocycles. The van der Waals surface area contributed by atoms with E-state index in [1.165, 1.54) is 17.7 Å². The normalized spacial score (nSPS) is 17.8. The second-order valence-electron chi connectivity index (χ2n) is 10.4.